The molecule has 2 N–H and O–H groups in total. The molecule has 1 atom stereocenters. The van der Waals surface area contributed by atoms with Crippen LogP contribution in [0.3, 0.4) is 0 Å². The Kier molecular flexibility index (Phi) is 3.48. The normalized spacial score (nSPS) is 24.9. The highest BCUT2D eigenvalue weighted by Gasteiger charge is 2.49. The van der Waals surface area contributed by atoms with Gasteiger partial charge in [-0.05, 0) is 6.42 Å². The van der Waals surface area contributed by atoms with E-state index in [4.69, 9.17) is 10.5 Å². The summed E-state index contributed by atoms with van der Waals surface area (Å²) in [6.45, 7) is 1.68. The largest absolute Gasteiger partial charge is 0.439 e. The van der Waals surface area contributed by atoms with Gasteiger partial charge in [-0.15, -0.1) is 11.3 Å². The summed E-state index contributed by atoms with van der Waals surface area (Å²) in [7, 11) is 1.72. The fourth-order valence-electron chi connectivity index (χ4n) is 2.89. The smallest absolute Gasteiger partial charge is 0.410 e. The maximum Gasteiger partial charge on any atom is 0.410 e. The van der Waals surface area contributed by atoms with Crippen LogP contribution in [0.5, 0.6) is 0 Å². The van der Waals surface area contributed by atoms with Crippen LogP contribution in [0, 0.1) is 0 Å². The number of likely N-dealkylation sites (N-methyl/N-ethyl adjacent to an activating group) is 1. The Hall–Kier alpha value is -1.83. The maximum atomic E-state index is 12.2. The van der Waals surface area contributed by atoms with Crippen LogP contribution in [0.4, 0.5) is 9.93 Å². The van der Waals surface area contributed by atoms with E-state index in [0.717, 1.165) is 5.69 Å². The molecule has 0 unspecified atom stereocenters. The summed E-state index contributed by atoms with van der Waals surface area (Å²) in [6.07, 6.45) is 1.40. The zero-order chi connectivity index (χ0) is 15.0. The molecular weight excluding hydrogens is 292 g/mol. The second-order valence-corrected chi connectivity index (χ2v) is 6.54. The molecule has 2 aliphatic heterocycles. The van der Waals surface area contributed by atoms with E-state index in [1.165, 1.54) is 11.3 Å². The first-order valence-electron chi connectivity index (χ1n) is 6.89. The summed E-state index contributed by atoms with van der Waals surface area (Å²) >= 11 is 1.38. The van der Waals surface area contributed by atoms with Gasteiger partial charge in [-0.25, -0.2) is 9.78 Å². The van der Waals surface area contributed by atoms with Crippen LogP contribution in [-0.2, 0) is 16.0 Å². The van der Waals surface area contributed by atoms with Crippen LogP contribution in [0.15, 0.2) is 5.38 Å². The maximum absolute atomic E-state index is 12.2. The van der Waals surface area contributed by atoms with E-state index in [9.17, 15) is 9.59 Å². The van der Waals surface area contributed by atoms with Gasteiger partial charge in [-0.1, -0.05) is 0 Å². The van der Waals surface area contributed by atoms with E-state index in [-0.39, 0.29) is 12.0 Å². The highest BCUT2D eigenvalue weighted by Crippen LogP contribution is 2.32. The molecule has 2 amide bonds. The molecule has 114 valence electrons. The second kappa shape index (κ2) is 5.18. The third kappa shape index (κ3) is 2.80. The fourth-order valence-corrected chi connectivity index (χ4v) is 3.49. The molecule has 8 heteroatoms. The highest BCUT2D eigenvalue weighted by molar-refractivity contribution is 7.13. The lowest BCUT2D eigenvalue weighted by Gasteiger charge is -2.21. The number of anilines is 1. The number of ether oxygens (including phenoxy) is 1. The molecule has 0 bridgehead atoms. The van der Waals surface area contributed by atoms with Crippen molar-refractivity contribution in [2.45, 2.75) is 24.9 Å². The number of thiazole rings is 1. The number of aryl methyl sites for hydroxylation is 1. The van der Waals surface area contributed by atoms with Crippen molar-refractivity contribution >= 4 is 28.5 Å². The number of carbonyl (C=O) groups is 2. The van der Waals surface area contributed by atoms with Gasteiger partial charge in [0.2, 0.25) is 5.91 Å². The molecule has 2 saturated heterocycles. The van der Waals surface area contributed by atoms with Crippen LogP contribution in [0.1, 0.15) is 18.5 Å². The minimum Gasteiger partial charge on any atom is -0.439 e. The van der Waals surface area contributed by atoms with Crippen molar-refractivity contribution in [1.82, 2.24) is 14.8 Å². The number of nitrogens with zero attached hydrogens (tertiary/aromatic N) is 3. The Morgan fingerprint density at radius 2 is 2.38 bits per heavy atom. The van der Waals surface area contributed by atoms with Crippen LogP contribution in [-0.4, -0.2) is 59.1 Å². The van der Waals surface area contributed by atoms with Crippen LogP contribution in [0.25, 0.3) is 0 Å². The summed E-state index contributed by atoms with van der Waals surface area (Å²) in [5, 5.41) is 2.40. The molecule has 7 nitrogen and oxygen atoms in total. The second-order valence-electron chi connectivity index (χ2n) is 5.65. The van der Waals surface area contributed by atoms with Gasteiger partial charge >= 0.3 is 6.09 Å². The van der Waals surface area contributed by atoms with Gasteiger partial charge in [0.15, 0.2) is 10.7 Å². The lowest BCUT2D eigenvalue weighted by atomic mass is 10.0. The molecule has 0 radical (unpaired) electrons. The molecule has 0 saturated carbocycles. The van der Waals surface area contributed by atoms with E-state index in [0.29, 0.717) is 44.0 Å². The van der Waals surface area contributed by atoms with Gasteiger partial charge in [0.1, 0.15) is 0 Å². The van der Waals surface area contributed by atoms with Crippen molar-refractivity contribution in [3.8, 4) is 0 Å². The summed E-state index contributed by atoms with van der Waals surface area (Å²) in [4.78, 5) is 31.2. The van der Waals surface area contributed by atoms with Gasteiger partial charge < -0.3 is 20.3 Å². The summed E-state index contributed by atoms with van der Waals surface area (Å²) < 4.78 is 5.43. The summed E-state index contributed by atoms with van der Waals surface area (Å²) in [6, 6.07) is 0. The topological polar surface area (TPSA) is 88.8 Å². The number of aromatic nitrogens is 1. The Bertz CT molecular complexity index is 576. The molecule has 2 fully saturated rings. The van der Waals surface area contributed by atoms with Crippen molar-refractivity contribution < 1.29 is 14.3 Å². The molecule has 21 heavy (non-hydrogen) atoms. The van der Waals surface area contributed by atoms with Gasteiger partial charge in [-0.3, -0.25) is 4.79 Å². The Labute approximate surface area is 126 Å². The van der Waals surface area contributed by atoms with E-state index < -0.39 is 5.60 Å². The number of nitrogen functional groups attached to an aromatic ring is 1. The number of nitrogens with two attached hydrogens (primary N) is 1. The number of hydrogen-bond acceptors (Lipinski definition) is 6. The first kappa shape index (κ1) is 14.1. The van der Waals surface area contributed by atoms with Crippen LogP contribution >= 0.6 is 11.3 Å². The van der Waals surface area contributed by atoms with Gasteiger partial charge in [0, 0.05) is 31.8 Å². The molecule has 3 heterocycles. The van der Waals surface area contributed by atoms with Crippen molar-refractivity contribution in [2.75, 3.05) is 32.4 Å². The SMILES string of the molecule is CN1C[C@]2(CCN(C(=O)CCc3csc(N)n3)C2)OC1=O. The average Bonchev–Trinajstić information content (AvgIpc) is 3.09. The van der Waals surface area contributed by atoms with Crippen molar-refractivity contribution in [3.63, 3.8) is 0 Å². The average molecular weight is 310 g/mol. The standard InChI is InChI=1S/C13H18N4O3S/c1-16-7-13(20-12(16)19)4-5-17(8-13)10(18)3-2-9-6-21-11(14)15-9/h6H,2-5,7-8H2,1H3,(H2,14,15)/t13-/m0/s1. The molecule has 0 aliphatic carbocycles. The van der Waals surface area contributed by atoms with E-state index >= 15 is 0 Å². The van der Waals surface area contributed by atoms with E-state index in [1.54, 1.807) is 16.8 Å². The first-order chi connectivity index (χ1) is 9.97. The van der Waals surface area contributed by atoms with Crippen molar-refractivity contribution in [2.24, 2.45) is 0 Å². The van der Waals surface area contributed by atoms with Gasteiger partial charge in [0.05, 0.1) is 18.8 Å². The number of rotatable bonds is 3. The van der Waals surface area contributed by atoms with Gasteiger partial charge in [0.25, 0.3) is 0 Å². The Balaban J connectivity index is 1.54. The highest BCUT2D eigenvalue weighted by atomic mass is 32.1. The third-order valence-corrected chi connectivity index (χ3v) is 4.70. The lowest BCUT2D eigenvalue weighted by Crippen LogP contribution is -2.39. The predicted molar refractivity (Wildman–Crippen MR) is 77.9 cm³/mol. The minimum atomic E-state index is -0.507. The Morgan fingerprint density at radius 1 is 1.57 bits per heavy atom. The van der Waals surface area contributed by atoms with Gasteiger partial charge in [-0.2, -0.15) is 0 Å². The molecule has 2 aliphatic rings. The predicted octanol–water partition coefficient (Wildman–Crippen LogP) is 0.711. The van der Waals surface area contributed by atoms with E-state index in [2.05, 4.69) is 4.98 Å². The Morgan fingerprint density at radius 3 is 3.00 bits per heavy atom. The lowest BCUT2D eigenvalue weighted by molar-refractivity contribution is -0.130. The first-order valence-corrected chi connectivity index (χ1v) is 7.77. The number of likely N-dealkylation sites (tertiary alicyclic amines) is 1. The molecule has 1 spiro atoms. The van der Waals surface area contributed by atoms with Crippen molar-refractivity contribution in [3.05, 3.63) is 11.1 Å². The summed E-state index contributed by atoms with van der Waals surface area (Å²) in [5.41, 5.74) is 5.92. The number of amides is 2. The number of hydrogen-bond donors (Lipinski definition) is 1. The van der Waals surface area contributed by atoms with Crippen LogP contribution < -0.4 is 5.73 Å². The van der Waals surface area contributed by atoms with Crippen molar-refractivity contribution in [1.29, 1.82) is 0 Å². The molecule has 1 aromatic heterocycles. The van der Waals surface area contributed by atoms with Crippen LogP contribution in [0.2, 0.25) is 0 Å². The quantitative estimate of drug-likeness (QED) is 0.888. The summed E-state index contributed by atoms with van der Waals surface area (Å²) in [5.74, 6) is 0.0732. The minimum absolute atomic E-state index is 0.0732. The molecule has 3 rings (SSSR count). The number of carbonyl (C=O) groups excluding carboxylic acids is 2. The third-order valence-electron chi connectivity index (χ3n) is 3.97. The molecule has 1 aromatic rings. The zero-order valence-electron chi connectivity index (χ0n) is 11.9. The monoisotopic (exact) mass is 310 g/mol. The molecule has 0 aromatic carbocycles. The fraction of sp³-hybridized carbons (Fsp3) is 0.615. The molecular formula is C13H18N4O3S. The zero-order valence-corrected chi connectivity index (χ0v) is 12.7. The van der Waals surface area contributed by atoms with E-state index in [1.807, 2.05) is 5.38 Å².